The predicted molar refractivity (Wildman–Crippen MR) is 71.9 cm³/mol. The molecule has 0 aliphatic heterocycles. The van der Waals surface area contributed by atoms with Crippen LogP contribution in [0.4, 0.5) is 0 Å². The van der Waals surface area contributed by atoms with E-state index in [9.17, 15) is 5.11 Å². The number of benzene rings is 1. The fourth-order valence-electron chi connectivity index (χ4n) is 2.78. The monoisotopic (exact) mass is 253 g/mol. The Morgan fingerprint density at radius 2 is 1.71 bits per heavy atom. The second-order valence-corrected chi connectivity index (χ2v) is 5.74. The number of aromatic hydroxyl groups is 1. The number of nitrogens with two attached hydrogens (primary N) is 1. The van der Waals surface area contributed by atoms with Crippen LogP contribution in [0.2, 0.25) is 5.02 Å². The Morgan fingerprint density at radius 3 is 2.12 bits per heavy atom. The van der Waals surface area contributed by atoms with E-state index in [1.54, 1.807) is 0 Å². The van der Waals surface area contributed by atoms with Gasteiger partial charge in [0, 0.05) is 22.0 Å². The van der Waals surface area contributed by atoms with Crippen molar-refractivity contribution in [3.05, 3.63) is 27.3 Å². The van der Waals surface area contributed by atoms with Gasteiger partial charge in [0.15, 0.2) is 0 Å². The number of halogens is 1. The van der Waals surface area contributed by atoms with E-state index in [0.717, 1.165) is 40.1 Å². The van der Waals surface area contributed by atoms with E-state index in [1.165, 1.54) is 0 Å². The minimum atomic E-state index is -0.0593. The molecule has 1 aliphatic carbocycles. The fourth-order valence-corrected chi connectivity index (χ4v) is 3.01. The minimum absolute atomic E-state index is 0.0465. The molecule has 0 bridgehead atoms. The van der Waals surface area contributed by atoms with Gasteiger partial charge in [0.1, 0.15) is 5.75 Å². The van der Waals surface area contributed by atoms with Gasteiger partial charge in [-0.25, -0.2) is 0 Å². The Balaban J connectivity index is 2.71. The van der Waals surface area contributed by atoms with Crippen molar-refractivity contribution >= 4 is 11.6 Å². The molecule has 2 nitrogen and oxygen atoms in total. The Bertz CT molecular complexity index is 447. The van der Waals surface area contributed by atoms with E-state index >= 15 is 0 Å². The second-order valence-electron chi connectivity index (χ2n) is 5.36. The second kappa shape index (κ2) is 3.89. The molecule has 3 N–H and O–H groups in total. The van der Waals surface area contributed by atoms with E-state index in [4.69, 9.17) is 17.3 Å². The molecule has 0 radical (unpaired) electrons. The van der Waals surface area contributed by atoms with E-state index in [1.807, 2.05) is 27.7 Å². The standard InChI is InChI=1S/C14H20ClNO/c1-7-8(2)13(17)11(9(3)12(7)15)14(5-6-14)10(4)16/h10,17H,5-6,16H2,1-4H3. The summed E-state index contributed by atoms with van der Waals surface area (Å²) in [4.78, 5) is 0. The molecule has 17 heavy (non-hydrogen) atoms. The lowest BCUT2D eigenvalue weighted by atomic mass is 9.83. The number of rotatable bonds is 2. The molecule has 1 aromatic carbocycles. The molecule has 0 spiro atoms. The van der Waals surface area contributed by atoms with Crippen molar-refractivity contribution < 1.29 is 5.11 Å². The Kier molecular flexibility index (Phi) is 2.91. The van der Waals surface area contributed by atoms with Gasteiger partial charge in [-0.3, -0.25) is 0 Å². The first-order valence-corrected chi connectivity index (χ1v) is 6.45. The van der Waals surface area contributed by atoms with Crippen molar-refractivity contribution in [1.29, 1.82) is 0 Å². The lowest BCUT2D eigenvalue weighted by molar-refractivity contribution is 0.441. The summed E-state index contributed by atoms with van der Waals surface area (Å²) in [5.41, 5.74) is 9.83. The molecule has 1 fully saturated rings. The SMILES string of the molecule is Cc1c(C)c(Cl)c(C)c(C2(C(C)N)CC2)c1O. The maximum atomic E-state index is 10.4. The van der Waals surface area contributed by atoms with Crippen LogP contribution >= 0.6 is 11.6 Å². The van der Waals surface area contributed by atoms with E-state index in [-0.39, 0.29) is 11.5 Å². The largest absolute Gasteiger partial charge is 0.507 e. The van der Waals surface area contributed by atoms with Gasteiger partial charge in [-0.15, -0.1) is 0 Å². The van der Waals surface area contributed by atoms with Gasteiger partial charge < -0.3 is 10.8 Å². The third-order valence-corrected chi connectivity index (χ3v) is 4.91. The summed E-state index contributed by atoms with van der Waals surface area (Å²) in [5, 5.41) is 11.2. The summed E-state index contributed by atoms with van der Waals surface area (Å²) in [5.74, 6) is 0.388. The quantitative estimate of drug-likeness (QED) is 0.849. The molecular formula is C14H20ClNO. The highest BCUT2D eigenvalue weighted by molar-refractivity contribution is 6.32. The zero-order chi connectivity index (χ0) is 13.0. The molecular weight excluding hydrogens is 234 g/mol. The van der Waals surface area contributed by atoms with Crippen molar-refractivity contribution in [2.45, 2.75) is 52.0 Å². The Hall–Kier alpha value is -0.730. The van der Waals surface area contributed by atoms with Crippen LogP contribution in [0.3, 0.4) is 0 Å². The molecule has 1 aromatic rings. The average Bonchev–Trinajstić information content (AvgIpc) is 3.05. The van der Waals surface area contributed by atoms with Crippen LogP contribution in [0.5, 0.6) is 5.75 Å². The normalized spacial score (nSPS) is 19.2. The highest BCUT2D eigenvalue weighted by atomic mass is 35.5. The molecule has 1 saturated carbocycles. The molecule has 3 heteroatoms. The summed E-state index contributed by atoms with van der Waals surface area (Å²) in [6.45, 7) is 7.84. The molecule has 0 aromatic heterocycles. The topological polar surface area (TPSA) is 46.2 Å². The van der Waals surface area contributed by atoms with Crippen LogP contribution in [0.1, 0.15) is 42.0 Å². The molecule has 0 heterocycles. The average molecular weight is 254 g/mol. The molecule has 2 rings (SSSR count). The summed E-state index contributed by atoms with van der Waals surface area (Å²) >= 11 is 6.35. The van der Waals surface area contributed by atoms with Crippen molar-refractivity contribution in [2.75, 3.05) is 0 Å². The maximum absolute atomic E-state index is 10.4. The first-order valence-electron chi connectivity index (χ1n) is 6.07. The number of hydrogen-bond donors (Lipinski definition) is 2. The first kappa shape index (κ1) is 12.7. The highest BCUT2D eigenvalue weighted by Gasteiger charge is 2.50. The lowest BCUT2D eigenvalue weighted by Crippen LogP contribution is -2.32. The predicted octanol–water partition coefficient (Wildman–Crippen LogP) is 3.35. The third kappa shape index (κ3) is 1.66. The van der Waals surface area contributed by atoms with Gasteiger partial charge in [0.25, 0.3) is 0 Å². The van der Waals surface area contributed by atoms with Crippen LogP contribution in [-0.2, 0) is 5.41 Å². The Morgan fingerprint density at radius 1 is 1.18 bits per heavy atom. The minimum Gasteiger partial charge on any atom is -0.507 e. The van der Waals surface area contributed by atoms with E-state index in [0.29, 0.717) is 5.75 Å². The maximum Gasteiger partial charge on any atom is 0.122 e. The summed E-state index contributed by atoms with van der Waals surface area (Å²) in [7, 11) is 0. The number of phenolic OH excluding ortho intramolecular Hbond substituents is 1. The lowest BCUT2D eigenvalue weighted by Gasteiger charge is -2.26. The van der Waals surface area contributed by atoms with Gasteiger partial charge in [-0.05, 0) is 57.2 Å². The number of hydrogen-bond acceptors (Lipinski definition) is 2. The van der Waals surface area contributed by atoms with E-state index in [2.05, 4.69) is 0 Å². The van der Waals surface area contributed by atoms with Crippen LogP contribution in [0.25, 0.3) is 0 Å². The van der Waals surface area contributed by atoms with E-state index < -0.39 is 0 Å². The number of phenols is 1. The van der Waals surface area contributed by atoms with Crippen LogP contribution in [0, 0.1) is 20.8 Å². The zero-order valence-corrected chi connectivity index (χ0v) is 11.7. The zero-order valence-electron chi connectivity index (χ0n) is 10.9. The van der Waals surface area contributed by atoms with Crippen LogP contribution < -0.4 is 5.73 Å². The molecule has 94 valence electrons. The molecule has 1 atom stereocenters. The molecule has 1 aliphatic rings. The van der Waals surface area contributed by atoms with Crippen molar-refractivity contribution in [3.63, 3.8) is 0 Å². The van der Waals surface area contributed by atoms with Crippen molar-refractivity contribution in [2.24, 2.45) is 5.73 Å². The molecule has 0 amide bonds. The van der Waals surface area contributed by atoms with Crippen molar-refractivity contribution in [3.8, 4) is 5.75 Å². The van der Waals surface area contributed by atoms with Gasteiger partial charge in [0.2, 0.25) is 0 Å². The van der Waals surface area contributed by atoms with Gasteiger partial charge >= 0.3 is 0 Å². The van der Waals surface area contributed by atoms with Gasteiger partial charge in [-0.1, -0.05) is 11.6 Å². The fraction of sp³-hybridized carbons (Fsp3) is 0.571. The summed E-state index contributed by atoms with van der Waals surface area (Å²) in [6.07, 6.45) is 2.08. The molecule has 0 saturated heterocycles. The van der Waals surface area contributed by atoms with Crippen molar-refractivity contribution in [1.82, 2.24) is 0 Å². The Labute approximate surface area is 108 Å². The third-order valence-electron chi connectivity index (χ3n) is 4.35. The first-order chi connectivity index (χ1) is 7.83. The smallest absolute Gasteiger partial charge is 0.122 e. The van der Waals surface area contributed by atoms with Gasteiger partial charge in [0.05, 0.1) is 0 Å². The van der Waals surface area contributed by atoms with Crippen LogP contribution in [-0.4, -0.2) is 11.1 Å². The summed E-state index contributed by atoms with van der Waals surface area (Å²) in [6, 6.07) is 0.0465. The summed E-state index contributed by atoms with van der Waals surface area (Å²) < 4.78 is 0. The van der Waals surface area contributed by atoms with Gasteiger partial charge in [-0.2, -0.15) is 0 Å². The van der Waals surface area contributed by atoms with Crippen LogP contribution in [0.15, 0.2) is 0 Å². The highest BCUT2D eigenvalue weighted by Crippen LogP contribution is 2.56. The molecule has 1 unspecified atom stereocenters.